The van der Waals surface area contributed by atoms with Gasteiger partial charge in [-0.1, -0.05) is 35.9 Å². The lowest BCUT2D eigenvalue weighted by Gasteiger charge is -2.13. The maximum absolute atomic E-state index is 13.5. The molecule has 2 aromatic rings. The van der Waals surface area contributed by atoms with E-state index in [9.17, 15) is 18.8 Å². The average Bonchev–Trinajstić information content (AvgIpc) is 2.66. The number of hydrogen-bond acceptors (Lipinski definition) is 4. The number of aryl methyl sites for hydroxylation is 4. The van der Waals surface area contributed by atoms with Crippen LogP contribution in [0.4, 0.5) is 10.1 Å². The first-order chi connectivity index (χ1) is 13.8. The van der Waals surface area contributed by atoms with Crippen LogP contribution < -0.4 is 10.6 Å². The van der Waals surface area contributed by atoms with Gasteiger partial charge >= 0.3 is 5.97 Å². The Hall–Kier alpha value is -3.22. The Labute approximate surface area is 169 Å². The van der Waals surface area contributed by atoms with Crippen molar-refractivity contribution in [1.29, 1.82) is 0 Å². The van der Waals surface area contributed by atoms with Crippen molar-refractivity contribution in [3.8, 4) is 0 Å². The van der Waals surface area contributed by atoms with Crippen LogP contribution in [0.5, 0.6) is 0 Å². The van der Waals surface area contributed by atoms with E-state index in [1.807, 2.05) is 32.9 Å². The second-order valence-corrected chi connectivity index (χ2v) is 6.85. The van der Waals surface area contributed by atoms with Crippen molar-refractivity contribution >= 4 is 23.5 Å². The first-order valence-corrected chi connectivity index (χ1v) is 9.29. The van der Waals surface area contributed by atoms with Crippen LogP contribution in [-0.2, 0) is 25.5 Å². The fourth-order valence-corrected chi connectivity index (χ4v) is 2.95. The summed E-state index contributed by atoms with van der Waals surface area (Å²) in [6, 6.07) is 10.1. The number of hydrogen-bond donors (Lipinski definition) is 2. The summed E-state index contributed by atoms with van der Waals surface area (Å²) in [7, 11) is 0. The van der Waals surface area contributed by atoms with Crippen LogP contribution in [0.25, 0.3) is 0 Å². The molecule has 0 aliphatic rings. The van der Waals surface area contributed by atoms with Crippen LogP contribution in [0.15, 0.2) is 36.4 Å². The average molecular weight is 400 g/mol. The molecule has 0 aliphatic heterocycles. The van der Waals surface area contributed by atoms with E-state index in [0.29, 0.717) is 5.56 Å². The SMILES string of the molecule is Cc1cc(C)c(NC(=O)CNC(=O)COC(=O)CCc2ccccc2F)c(C)c1. The summed E-state index contributed by atoms with van der Waals surface area (Å²) in [6.45, 7) is 5.04. The Morgan fingerprint density at radius 2 is 1.66 bits per heavy atom. The summed E-state index contributed by atoms with van der Waals surface area (Å²) in [6.07, 6.45) is 0.144. The normalized spacial score (nSPS) is 10.3. The lowest BCUT2D eigenvalue weighted by molar-refractivity contribution is -0.148. The standard InChI is InChI=1S/C22H25FN2O4/c1-14-10-15(2)22(16(3)11-14)25-19(26)12-24-20(27)13-29-21(28)9-8-17-6-4-5-7-18(17)23/h4-7,10-11H,8-9,12-13H2,1-3H3,(H,24,27)(H,25,26). The van der Waals surface area contributed by atoms with E-state index >= 15 is 0 Å². The lowest BCUT2D eigenvalue weighted by atomic mass is 10.1. The van der Waals surface area contributed by atoms with E-state index in [0.717, 1.165) is 22.4 Å². The summed E-state index contributed by atoms with van der Waals surface area (Å²) < 4.78 is 18.4. The van der Waals surface area contributed by atoms with Gasteiger partial charge in [0.25, 0.3) is 5.91 Å². The maximum atomic E-state index is 13.5. The zero-order chi connectivity index (χ0) is 21.4. The van der Waals surface area contributed by atoms with Crippen LogP contribution in [-0.4, -0.2) is 30.9 Å². The quantitative estimate of drug-likeness (QED) is 0.667. The second kappa shape index (κ2) is 10.4. The highest BCUT2D eigenvalue weighted by Gasteiger charge is 2.12. The summed E-state index contributed by atoms with van der Waals surface area (Å²) in [5, 5.41) is 5.18. The molecule has 0 atom stereocenters. The van der Waals surface area contributed by atoms with Gasteiger partial charge in [0.2, 0.25) is 5.91 Å². The third-order valence-corrected chi connectivity index (χ3v) is 4.31. The number of amides is 2. The third kappa shape index (κ3) is 7.03. The molecule has 0 heterocycles. The molecule has 0 bridgehead atoms. The predicted molar refractivity (Wildman–Crippen MR) is 108 cm³/mol. The van der Waals surface area contributed by atoms with Crippen molar-refractivity contribution in [2.75, 3.05) is 18.5 Å². The highest BCUT2D eigenvalue weighted by Crippen LogP contribution is 2.21. The van der Waals surface area contributed by atoms with Gasteiger partial charge in [-0.2, -0.15) is 0 Å². The van der Waals surface area contributed by atoms with Crippen LogP contribution >= 0.6 is 0 Å². The number of carbonyl (C=O) groups excluding carboxylic acids is 3. The Balaban J connectivity index is 1.71. The van der Waals surface area contributed by atoms with Crippen molar-refractivity contribution < 1.29 is 23.5 Å². The number of carbonyl (C=O) groups is 3. The molecule has 6 nitrogen and oxygen atoms in total. The molecule has 29 heavy (non-hydrogen) atoms. The molecule has 0 radical (unpaired) electrons. The summed E-state index contributed by atoms with van der Waals surface area (Å²) in [5.74, 6) is -1.96. The molecule has 2 aromatic carbocycles. The van der Waals surface area contributed by atoms with Crippen LogP contribution in [0.2, 0.25) is 0 Å². The van der Waals surface area contributed by atoms with E-state index in [-0.39, 0.29) is 31.1 Å². The van der Waals surface area contributed by atoms with E-state index in [4.69, 9.17) is 4.74 Å². The van der Waals surface area contributed by atoms with E-state index in [2.05, 4.69) is 10.6 Å². The van der Waals surface area contributed by atoms with Gasteiger partial charge in [0.15, 0.2) is 6.61 Å². The van der Waals surface area contributed by atoms with Gasteiger partial charge in [-0.05, 0) is 49.9 Å². The van der Waals surface area contributed by atoms with Crippen molar-refractivity contribution in [2.45, 2.75) is 33.6 Å². The van der Waals surface area contributed by atoms with Gasteiger partial charge < -0.3 is 15.4 Å². The minimum absolute atomic E-state index is 0.0410. The Bertz CT molecular complexity index is 888. The van der Waals surface area contributed by atoms with E-state index in [1.54, 1.807) is 18.2 Å². The molecule has 154 valence electrons. The Kier molecular flexibility index (Phi) is 7.88. The van der Waals surface area contributed by atoms with Crippen LogP contribution in [0.3, 0.4) is 0 Å². The van der Waals surface area contributed by atoms with Gasteiger partial charge in [0.05, 0.1) is 6.54 Å². The Morgan fingerprint density at radius 3 is 2.31 bits per heavy atom. The number of anilines is 1. The zero-order valence-corrected chi connectivity index (χ0v) is 16.8. The number of halogens is 1. The molecule has 0 spiro atoms. The van der Waals surface area contributed by atoms with Gasteiger partial charge in [-0.25, -0.2) is 4.39 Å². The van der Waals surface area contributed by atoms with Gasteiger partial charge in [0, 0.05) is 12.1 Å². The first kappa shape index (κ1) is 22.1. The van der Waals surface area contributed by atoms with Gasteiger partial charge in [-0.15, -0.1) is 0 Å². The fourth-order valence-electron chi connectivity index (χ4n) is 2.95. The molecule has 0 saturated carbocycles. The monoisotopic (exact) mass is 400 g/mol. The predicted octanol–water partition coefficient (Wildman–Crippen LogP) is 2.98. The highest BCUT2D eigenvalue weighted by atomic mass is 19.1. The molecule has 2 N–H and O–H groups in total. The van der Waals surface area contributed by atoms with Crippen LogP contribution in [0, 0.1) is 26.6 Å². The molecule has 0 aromatic heterocycles. The molecule has 2 rings (SSSR count). The van der Waals surface area contributed by atoms with Crippen molar-refractivity contribution in [3.05, 3.63) is 64.5 Å². The highest BCUT2D eigenvalue weighted by molar-refractivity contribution is 5.96. The first-order valence-electron chi connectivity index (χ1n) is 9.29. The number of benzene rings is 2. The number of nitrogens with one attached hydrogen (secondary N) is 2. The minimum Gasteiger partial charge on any atom is -0.456 e. The van der Waals surface area contributed by atoms with Crippen molar-refractivity contribution in [1.82, 2.24) is 5.32 Å². The smallest absolute Gasteiger partial charge is 0.306 e. The number of esters is 1. The number of rotatable bonds is 8. The maximum Gasteiger partial charge on any atom is 0.306 e. The second-order valence-electron chi connectivity index (χ2n) is 6.85. The largest absolute Gasteiger partial charge is 0.456 e. The van der Waals surface area contributed by atoms with Gasteiger partial charge in [-0.3, -0.25) is 14.4 Å². The van der Waals surface area contributed by atoms with E-state index in [1.165, 1.54) is 6.07 Å². The lowest BCUT2D eigenvalue weighted by Crippen LogP contribution is -2.35. The molecule has 0 unspecified atom stereocenters. The van der Waals surface area contributed by atoms with E-state index < -0.39 is 18.5 Å². The zero-order valence-electron chi connectivity index (χ0n) is 16.8. The topological polar surface area (TPSA) is 84.5 Å². The Morgan fingerprint density at radius 1 is 1.00 bits per heavy atom. The summed E-state index contributed by atoms with van der Waals surface area (Å²) in [4.78, 5) is 35.6. The molecule has 0 fully saturated rings. The molecule has 7 heteroatoms. The van der Waals surface area contributed by atoms with Crippen LogP contribution in [0.1, 0.15) is 28.7 Å². The third-order valence-electron chi connectivity index (χ3n) is 4.31. The molecule has 2 amide bonds. The molecular weight excluding hydrogens is 375 g/mol. The van der Waals surface area contributed by atoms with Crippen molar-refractivity contribution in [3.63, 3.8) is 0 Å². The van der Waals surface area contributed by atoms with Crippen molar-refractivity contribution in [2.24, 2.45) is 0 Å². The fraction of sp³-hybridized carbons (Fsp3) is 0.318. The minimum atomic E-state index is -0.612. The van der Waals surface area contributed by atoms with Gasteiger partial charge in [0.1, 0.15) is 5.82 Å². The summed E-state index contributed by atoms with van der Waals surface area (Å²) in [5.41, 5.74) is 4.10. The summed E-state index contributed by atoms with van der Waals surface area (Å²) >= 11 is 0. The number of ether oxygens (including phenoxy) is 1. The molecule has 0 saturated heterocycles. The molecular formula is C22H25FN2O4. The molecule has 0 aliphatic carbocycles.